The largest absolute Gasteiger partial charge is 0.381 e. The fourth-order valence-electron chi connectivity index (χ4n) is 2.04. The van der Waals surface area contributed by atoms with Crippen molar-refractivity contribution in [2.75, 3.05) is 5.48 Å². The standard InChI is InChI=1S/C13H12N2O/c14-8-9-4-3-7-12-13(9)10-5-1-2-6-11(10)15-16-12/h1-7,15H,8,14H2. The average molecular weight is 212 g/mol. The lowest BCUT2D eigenvalue weighted by molar-refractivity contribution is 0.402. The van der Waals surface area contributed by atoms with Gasteiger partial charge in [-0.25, -0.2) is 5.48 Å². The van der Waals surface area contributed by atoms with Crippen LogP contribution in [0.4, 0.5) is 5.69 Å². The van der Waals surface area contributed by atoms with Crippen LogP contribution in [0.2, 0.25) is 0 Å². The zero-order chi connectivity index (χ0) is 11.0. The first-order chi connectivity index (χ1) is 7.90. The molecule has 0 spiro atoms. The van der Waals surface area contributed by atoms with Gasteiger partial charge in [-0.1, -0.05) is 30.3 Å². The van der Waals surface area contributed by atoms with E-state index in [0.717, 1.165) is 28.1 Å². The zero-order valence-corrected chi connectivity index (χ0v) is 8.73. The fraction of sp³-hybridized carbons (Fsp3) is 0.0769. The highest BCUT2D eigenvalue weighted by atomic mass is 16.6. The molecule has 1 heterocycles. The molecule has 0 bridgehead atoms. The minimum atomic E-state index is 0.515. The summed E-state index contributed by atoms with van der Waals surface area (Å²) in [5, 5.41) is 0. The minimum Gasteiger partial charge on any atom is -0.381 e. The number of nitrogens with two attached hydrogens (primary N) is 1. The highest BCUT2D eigenvalue weighted by Gasteiger charge is 2.18. The zero-order valence-electron chi connectivity index (χ0n) is 8.73. The monoisotopic (exact) mass is 212 g/mol. The summed E-state index contributed by atoms with van der Waals surface area (Å²) in [5.41, 5.74) is 13.0. The third-order valence-corrected chi connectivity index (χ3v) is 2.80. The van der Waals surface area contributed by atoms with Crippen LogP contribution in [0.5, 0.6) is 5.75 Å². The second kappa shape index (κ2) is 3.54. The molecular formula is C13H12N2O. The van der Waals surface area contributed by atoms with Crippen molar-refractivity contribution in [2.45, 2.75) is 6.54 Å². The van der Waals surface area contributed by atoms with Crippen molar-refractivity contribution in [1.29, 1.82) is 0 Å². The molecule has 0 atom stereocenters. The Morgan fingerprint density at radius 2 is 1.94 bits per heavy atom. The number of para-hydroxylation sites is 1. The molecule has 3 rings (SSSR count). The molecule has 80 valence electrons. The molecule has 0 aromatic heterocycles. The first kappa shape index (κ1) is 9.24. The van der Waals surface area contributed by atoms with Crippen molar-refractivity contribution in [3.8, 4) is 16.9 Å². The molecule has 16 heavy (non-hydrogen) atoms. The fourth-order valence-corrected chi connectivity index (χ4v) is 2.04. The van der Waals surface area contributed by atoms with E-state index in [9.17, 15) is 0 Å². The Hall–Kier alpha value is -2.00. The molecule has 1 aliphatic rings. The SMILES string of the molecule is NCc1cccc2c1-c1ccccc1NO2. The summed E-state index contributed by atoms with van der Waals surface area (Å²) in [6, 6.07) is 14.0. The van der Waals surface area contributed by atoms with E-state index in [1.807, 2.05) is 36.4 Å². The third-order valence-electron chi connectivity index (χ3n) is 2.80. The highest BCUT2D eigenvalue weighted by Crippen LogP contribution is 2.40. The number of anilines is 1. The Bertz CT molecular complexity index is 523. The van der Waals surface area contributed by atoms with Crippen molar-refractivity contribution >= 4 is 5.69 Å². The number of nitrogens with one attached hydrogen (secondary N) is 1. The summed E-state index contributed by atoms with van der Waals surface area (Å²) in [4.78, 5) is 5.49. The Morgan fingerprint density at radius 3 is 2.81 bits per heavy atom. The van der Waals surface area contributed by atoms with Crippen LogP contribution < -0.4 is 16.1 Å². The van der Waals surface area contributed by atoms with Gasteiger partial charge in [-0.3, -0.25) is 0 Å². The lowest BCUT2D eigenvalue weighted by Crippen LogP contribution is -2.13. The summed E-state index contributed by atoms with van der Waals surface area (Å²) < 4.78 is 0. The first-order valence-corrected chi connectivity index (χ1v) is 5.24. The van der Waals surface area contributed by atoms with E-state index in [-0.39, 0.29) is 0 Å². The van der Waals surface area contributed by atoms with Crippen molar-refractivity contribution in [2.24, 2.45) is 5.73 Å². The van der Waals surface area contributed by atoms with Gasteiger partial charge in [-0.2, -0.15) is 0 Å². The third kappa shape index (κ3) is 1.26. The summed E-state index contributed by atoms with van der Waals surface area (Å²) in [5.74, 6) is 0.835. The van der Waals surface area contributed by atoms with Crippen LogP contribution in [-0.2, 0) is 6.54 Å². The van der Waals surface area contributed by atoms with Crippen LogP contribution in [0.1, 0.15) is 5.56 Å². The summed E-state index contributed by atoms with van der Waals surface area (Å²) in [6.07, 6.45) is 0. The van der Waals surface area contributed by atoms with Crippen LogP contribution in [0.3, 0.4) is 0 Å². The van der Waals surface area contributed by atoms with Crippen molar-refractivity contribution in [3.05, 3.63) is 48.0 Å². The maximum absolute atomic E-state index is 5.76. The molecule has 0 saturated heterocycles. The van der Waals surface area contributed by atoms with Crippen molar-refractivity contribution < 1.29 is 4.84 Å². The van der Waals surface area contributed by atoms with Crippen LogP contribution >= 0.6 is 0 Å². The minimum absolute atomic E-state index is 0.515. The molecule has 3 N–H and O–H groups in total. The molecule has 2 aromatic rings. The van der Waals surface area contributed by atoms with E-state index in [4.69, 9.17) is 10.6 Å². The lowest BCUT2D eigenvalue weighted by atomic mass is 9.96. The molecule has 0 unspecified atom stereocenters. The number of rotatable bonds is 1. The van der Waals surface area contributed by atoms with Crippen LogP contribution in [0.25, 0.3) is 11.1 Å². The van der Waals surface area contributed by atoms with E-state index in [0.29, 0.717) is 6.54 Å². The topological polar surface area (TPSA) is 47.3 Å². The van der Waals surface area contributed by atoms with Gasteiger partial charge in [0, 0.05) is 17.7 Å². The van der Waals surface area contributed by atoms with E-state index in [1.54, 1.807) is 0 Å². The predicted molar refractivity (Wildman–Crippen MR) is 64.0 cm³/mol. The van der Waals surface area contributed by atoms with Gasteiger partial charge in [0.2, 0.25) is 0 Å². The molecule has 0 saturated carbocycles. The van der Waals surface area contributed by atoms with Gasteiger partial charge in [0.1, 0.15) is 0 Å². The number of fused-ring (bicyclic) bond motifs is 3. The Labute approximate surface area is 93.8 Å². The molecule has 0 fully saturated rings. The normalized spacial score (nSPS) is 12.1. The van der Waals surface area contributed by atoms with E-state index in [1.165, 1.54) is 0 Å². The molecule has 0 amide bonds. The lowest BCUT2D eigenvalue weighted by Gasteiger charge is -2.23. The second-order valence-corrected chi connectivity index (χ2v) is 3.74. The molecule has 2 aromatic carbocycles. The van der Waals surface area contributed by atoms with Crippen LogP contribution in [-0.4, -0.2) is 0 Å². The van der Waals surface area contributed by atoms with Gasteiger partial charge >= 0.3 is 0 Å². The Morgan fingerprint density at radius 1 is 1.06 bits per heavy atom. The van der Waals surface area contributed by atoms with Gasteiger partial charge in [0.05, 0.1) is 5.69 Å². The van der Waals surface area contributed by atoms with Crippen LogP contribution in [0.15, 0.2) is 42.5 Å². The molecule has 0 radical (unpaired) electrons. The molecule has 3 nitrogen and oxygen atoms in total. The molecular weight excluding hydrogens is 200 g/mol. The summed E-state index contributed by atoms with van der Waals surface area (Å²) >= 11 is 0. The van der Waals surface area contributed by atoms with Crippen LogP contribution in [0, 0.1) is 0 Å². The predicted octanol–water partition coefficient (Wildman–Crippen LogP) is 2.53. The summed E-state index contributed by atoms with van der Waals surface area (Å²) in [7, 11) is 0. The van der Waals surface area contributed by atoms with E-state index in [2.05, 4.69) is 11.5 Å². The maximum Gasteiger partial charge on any atom is 0.163 e. The van der Waals surface area contributed by atoms with Gasteiger partial charge in [0.25, 0.3) is 0 Å². The van der Waals surface area contributed by atoms with E-state index >= 15 is 0 Å². The van der Waals surface area contributed by atoms with E-state index < -0.39 is 0 Å². The second-order valence-electron chi connectivity index (χ2n) is 3.74. The first-order valence-electron chi connectivity index (χ1n) is 5.24. The number of hydrogen-bond donors (Lipinski definition) is 2. The highest BCUT2D eigenvalue weighted by molar-refractivity contribution is 5.85. The van der Waals surface area contributed by atoms with Gasteiger partial charge in [0.15, 0.2) is 5.75 Å². The van der Waals surface area contributed by atoms with Gasteiger partial charge in [-0.05, 0) is 17.7 Å². The van der Waals surface area contributed by atoms with Gasteiger partial charge in [-0.15, -0.1) is 0 Å². The van der Waals surface area contributed by atoms with Gasteiger partial charge < -0.3 is 10.6 Å². The number of benzene rings is 2. The summed E-state index contributed by atoms with van der Waals surface area (Å²) in [6.45, 7) is 0.515. The van der Waals surface area contributed by atoms with Crippen molar-refractivity contribution in [1.82, 2.24) is 0 Å². The smallest absolute Gasteiger partial charge is 0.163 e. The Balaban J connectivity index is 2.30. The average Bonchev–Trinajstić information content (AvgIpc) is 2.37. The maximum atomic E-state index is 5.76. The Kier molecular flexibility index (Phi) is 2.04. The quantitative estimate of drug-likeness (QED) is 0.763. The number of hydrogen-bond acceptors (Lipinski definition) is 3. The van der Waals surface area contributed by atoms with Crippen molar-refractivity contribution in [3.63, 3.8) is 0 Å². The molecule has 1 aliphatic heterocycles. The molecule has 0 aliphatic carbocycles. The molecule has 3 heteroatoms.